The van der Waals surface area contributed by atoms with Gasteiger partial charge in [-0.2, -0.15) is 0 Å². The maximum absolute atomic E-state index is 14.0. The van der Waals surface area contributed by atoms with Crippen LogP contribution in [0.5, 0.6) is 0 Å². The highest BCUT2D eigenvalue weighted by molar-refractivity contribution is 6.35. The van der Waals surface area contributed by atoms with Gasteiger partial charge in [-0.1, -0.05) is 46.9 Å². The minimum Gasteiger partial charge on any atom is -0.319 e. The molecule has 1 saturated heterocycles. The third-order valence-electron chi connectivity index (χ3n) is 4.12. The van der Waals surface area contributed by atoms with E-state index in [9.17, 15) is 14.0 Å². The van der Waals surface area contributed by atoms with Gasteiger partial charge in [0.25, 0.3) is 5.91 Å². The highest BCUT2D eigenvalue weighted by Gasteiger charge is 2.50. The molecule has 1 heterocycles. The Morgan fingerprint density at radius 3 is 2.48 bits per heavy atom. The minimum absolute atomic E-state index is 0.0686. The summed E-state index contributed by atoms with van der Waals surface area (Å²) in [4.78, 5) is 26.1. The summed E-state index contributed by atoms with van der Waals surface area (Å²) >= 11 is 18.1. The summed E-state index contributed by atoms with van der Waals surface area (Å²) in [6, 6.07) is 8.14. The molecule has 130 valence electrons. The van der Waals surface area contributed by atoms with E-state index in [-0.39, 0.29) is 22.2 Å². The van der Waals surface area contributed by atoms with Gasteiger partial charge in [-0.3, -0.25) is 9.69 Å². The fourth-order valence-corrected chi connectivity index (χ4v) is 3.58. The predicted octanol–water partition coefficient (Wildman–Crippen LogP) is 4.75. The summed E-state index contributed by atoms with van der Waals surface area (Å²) in [5.41, 5.74) is -0.908. The summed E-state index contributed by atoms with van der Waals surface area (Å²) in [5.74, 6) is -1.15. The Labute approximate surface area is 158 Å². The van der Waals surface area contributed by atoms with E-state index in [2.05, 4.69) is 5.32 Å². The van der Waals surface area contributed by atoms with E-state index in [1.807, 2.05) is 0 Å². The van der Waals surface area contributed by atoms with Crippen LogP contribution in [0.4, 0.5) is 9.18 Å². The van der Waals surface area contributed by atoms with Gasteiger partial charge in [-0.15, -0.1) is 0 Å². The van der Waals surface area contributed by atoms with E-state index in [0.717, 1.165) is 4.90 Å². The van der Waals surface area contributed by atoms with E-state index in [1.165, 1.54) is 31.2 Å². The first-order valence-corrected chi connectivity index (χ1v) is 8.40. The average molecular weight is 402 g/mol. The number of amides is 3. The van der Waals surface area contributed by atoms with Crippen molar-refractivity contribution in [2.45, 2.75) is 19.0 Å². The topological polar surface area (TPSA) is 49.4 Å². The summed E-state index contributed by atoms with van der Waals surface area (Å²) < 4.78 is 14.0. The quantitative estimate of drug-likeness (QED) is 0.754. The van der Waals surface area contributed by atoms with E-state index in [0.29, 0.717) is 10.6 Å². The first-order valence-electron chi connectivity index (χ1n) is 7.26. The maximum Gasteiger partial charge on any atom is 0.325 e. The van der Waals surface area contributed by atoms with Crippen LogP contribution in [-0.2, 0) is 16.9 Å². The Morgan fingerprint density at radius 1 is 1.12 bits per heavy atom. The molecule has 0 aliphatic carbocycles. The lowest BCUT2D eigenvalue weighted by molar-refractivity contribution is -0.131. The van der Waals surface area contributed by atoms with Gasteiger partial charge in [0.1, 0.15) is 11.4 Å². The van der Waals surface area contributed by atoms with Crippen molar-refractivity contribution in [1.82, 2.24) is 10.2 Å². The third-order valence-corrected chi connectivity index (χ3v) is 5.02. The SMILES string of the molecule is CC1(c2ccc(Cl)cc2Cl)NC(=O)N(Cc2c(F)cccc2Cl)C1=O. The Bertz CT molecular complexity index is 870. The maximum atomic E-state index is 14.0. The van der Waals surface area contributed by atoms with Crippen LogP contribution in [-0.4, -0.2) is 16.8 Å². The lowest BCUT2D eigenvalue weighted by Crippen LogP contribution is -2.41. The van der Waals surface area contributed by atoms with E-state index < -0.39 is 23.3 Å². The van der Waals surface area contributed by atoms with Crippen molar-refractivity contribution in [3.05, 3.63) is 68.4 Å². The van der Waals surface area contributed by atoms with Crippen molar-refractivity contribution in [2.75, 3.05) is 0 Å². The largest absolute Gasteiger partial charge is 0.325 e. The van der Waals surface area contributed by atoms with Gasteiger partial charge in [0.05, 0.1) is 6.54 Å². The third kappa shape index (κ3) is 3.08. The second kappa shape index (κ2) is 6.48. The van der Waals surface area contributed by atoms with Gasteiger partial charge in [0, 0.05) is 26.2 Å². The molecular formula is C17H12Cl3FN2O2. The Hall–Kier alpha value is -1.82. The Balaban J connectivity index is 1.97. The molecule has 1 aliphatic rings. The molecule has 3 rings (SSSR count). The molecule has 2 aromatic carbocycles. The van der Waals surface area contributed by atoms with Crippen molar-refractivity contribution < 1.29 is 14.0 Å². The fourth-order valence-electron chi connectivity index (χ4n) is 2.76. The first kappa shape index (κ1) is 18.0. The van der Waals surface area contributed by atoms with Crippen molar-refractivity contribution in [1.29, 1.82) is 0 Å². The Morgan fingerprint density at radius 2 is 1.84 bits per heavy atom. The van der Waals surface area contributed by atoms with Crippen molar-refractivity contribution in [3.8, 4) is 0 Å². The second-order valence-electron chi connectivity index (χ2n) is 5.77. The molecule has 8 heteroatoms. The zero-order chi connectivity index (χ0) is 18.4. The number of carbonyl (C=O) groups is 2. The predicted molar refractivity (Wildman–Crippen MR) is 94.3 cm³/mol. The standard InChI is InChI=1S/C17H12Cl3FN2O2/c1-17(11-6-5-9(18)7-13(11)20)15(24)23(16(25)22-17)8-10-12(19)3-2-4-14(10)21/h2-7H,8H2,1H3,(H,22,25). The number of hydrogen-bond donors (Lipinski definition) is 1. The highest BCUT2D eigenvalue weighted by Crippen LogP contribution is 2.36. The monoisotopic (exact) mass is 400 g/mol. The molecule has 1 fully saturated rings. The van der Waals surface area contributed by atoms with Gasteiger partial charge in [0.2, 0.25) is 0 Å². The smallest absolute Gasteiger partial charge is 0.319 e. The second-order valence-corrected chi connectivity index (χ2v) is 7.02. The van der Waals surface area contributed by atoms with Crippen LogP contribution in [0, 0.1) is 5.82 Å². The summed E-state index contributed by atoms with van der Waals surface area (Å²) in [7, 11) is 0. The normalized spacial score (nSPS) is 20.1. The zero-order valence-electron chi connectivity index (χ0n) is 12.9. The fraction of sp³-hybridized carbons (Fsp3) is 0.176. The highest BCUT2D eigenvalue weighted by atomic mass is 35.5. The number of benzene rings is 2. The molecule has 4 nitrogen and oxygen atoms in total. The van der Waals surface area contributed by atoms with Gasteiger partial charge in [-0.25, -0.2) is 9.18 Å². The molecule has 1 unspecified atom stereocenters. The molecule has 0 aromatic heterocycles. The van der Waals surface area contributed by atoms with Crippen LogP contribution in [0.15, 0.2) is 36.4 Å². The van der Waals surface area contributed by atoms with Crippen LogP contribution in [0.25, 0.3) is 0 Å². The molecule has 2 aromatic rings. The number of nitrogens with zero attached hydrogens (tertiary/aromatic N) is 1. The molecular weight excluding hydrogens is 390 g/mol. The van der Waals surface area contributed by atoms with Crippen LogP contribution >= 0.6 is 34.8 Å². The summed E-state index contributed by atoms with van der Waals surface area (Å²) in [6.07, 6.45) is 0. The summed E-state index contributed by atoms with van der Waals surface area (Å²) in [6.45, 7) is 1.25. The molecule has 0 spiro atoms. The van der Waals surface area contributed by atoms with Crippen molar-refractivity contribution >= 4 is 46.7 Å². The average Bonchev–Trinajstić information content (AvgIpc) is 2.74. The van der Waals surface area contributed by atoms with Crippen LogP contribution in [0.1, 0.15) is 18.1 Å². The number of halogens is 4. The molecule has 1 N–H and O–H groups in total. The number of imide groups is 1. The lowest BCUT2D eigenvalue weighted by Gasteiger charge is -2.23. The number of rotatable bonds is 3. The Kier molecular flexibility index (Phi) is 4.66. The molecule has 1 aliphatic heterocycles. The first-order chi connectivity index (χ1) is 11.7. The minimum atomic E-state index is -1.38. The van der Waals surface area contributed by atoms with E-state index in [1.54, 1.807) is 12.1 Å². The molecule has 0 saturated carbocycles. The number of urea groups is 1. The van der Waals surface area contributed by atoms with Gasteiger partial charge in [0.15, 0.2) is 0 Å². The van der Waals surface area contributed by atoms with Crippen LogP contribution in [0.2, 0.25) is 15.1 Å². The zero-order valence-corrected chi connectivity index (χ0v) is 15.2. The van der Waals surface area contributed by atoms with Gasteiger partial charge < -0.3 is 5.32 Å². The molecule has 0 bridgehead atoms. The molecule has 3 amide bonds. The lowest BCUT2D eigenvalue weighted by atomic mass is 9.92. The van der Waals surface area contributed by atoms with E-state index >= 15 is 0 Å². The number of carbonyl (C=O) groups excluding carboxylic acids is 2. The van der Waals surface area contributed by atoms with Crippen LogP contribution < -0.4 is 5.32 Å². The molecule has 0 radical (unpaired) electrons. The number of nitrogens with one attached hydrogen (secondary N) is 1. The number of hydrogen-bond acceptors (Lipinski definition) is 2. The molecule has 25 heavy (non-hydrogen) atoms. The molecule has 1 atom stereocenters. The summed E-state index contributed by atoms with van der Waals surface area (Å²) in [5, 5.41) is 3.40. The van der Waals surface area contributed by atoms with Crippen molar-refractivity contribution in [3.63, 3.8) is 0 Å². The van der Waals surface area contributed by atoms with E-state index in [4.69, 9.17) is 34.8 Å². The van der Waals surface area contributed by atoms with Crippen LogP contribution in [0.3, 0.4) is 0 Å². The van der Waals surface area contributed by atoms with Crippen molar-refractivity contribution in [2.24, 2.45) is 0 Å². The van der Waals surface area contributed by atoms with Gasteiger partial charge in [-0.05, 0) is 31.2 Å². The van der Waals surface area contributed by atoms with Gasteiger partial charge >= 0.3 is 6.03 Å².